The van der Waals surface area contributed by atoms with Gasteiger partial charge in [-0.1, -0.05) is 0 Å². The summed E-state index contributed by atoms with van der Waals surface area (Å²) < 4.78 is 12.6. The number of piperidine rings is 1. The van der Waals surface area contributed by atoms with Crippen molar-refractivity contribution < 1.29 is 14.3 Å². The molecule has 1 atom stereocenters. The zero-order valence-corrected chi connectivity index (χ0v) is 15.6. The molecule has 2 aromatic rings. The molecule has 0 bridgehead atoms. The summed E-state index contributed by atoms with van der Waals surface area (Å²) in [6.07, 6.45) is 8.33. The average molecular weight is 357 g/mol. The molecular formula is C20H27N3O3. The van der Waals surface area contributed by atoms with Crippen molar-refractivity contribution in [1.82, 2.24) is 14.7 Å². The molecule has 6 nitrogen and oxygen atoms in total. The van der Waals surface area contributed by atoms with Crippen molar-refractivity contribution in [3.05, 3.63) is 42.2 Å². The standard InChI is InChI=1S/C20H27N3O3/c1-25-18-7-8-19(26-2)16(14-18)15-20(24)23-12-4-3-6-17(23)9-13-22-11-5-10-21-22/h5,7-8,10-11,14,17H,3-4,6,9,12-13,15H2,1-2H3/t17-/m0/s1. The Bertz CT molecular complexity index is 715. The first-order valence-corrected chi connectivity index (χ1v) is 9.19. The number of likely N-dealkylation sites (tertiary alicyclic amines) is 1. The van der Waals surface area contributed by atoms with Gasteiger partial charge in [0.05, 0.1) is 20.6 Å². The van der Waals surface area contributed by atoms with E-state index in [0.29, 0.717) is 6.42 Å². The number of rotatable bonds is 7. The number of nitrogens with zero attached hydrogens (tertiary/aromatic N) is 3. The van der Waals surface area contributed by atoms with Crippen molar-refractivity contribution in [2.24, 2.45) is 0 Å². The number of carbonyl (C=O) groups excluding carboxylic acids is 1. The number of hydrogen-bond acceptors (Lipinski definition) is 4. The van der Waals surface area contributed by atoms with Gasteiger partial charge in [-0.3, -0.25) is 9.48 Å². The van der Waals surface area contributed by atoms with Crippen molar-refractivity contribution in [3.63, 3.8) is 0 Å². The Morgan fingerprint density at radius 3 is 2.88 bits per heavy atom. The van der Waals surface area contributed by atoms with E-state index >= 15 is 0 Å². The molecule has 1 fully saturated rings. The van der Waals surface area contributed by atoms with Crippen LogP contribution in [0.15, 0.2) is 36.7 Å². The van der Waals surface area contributed by atoms with E-state index in [1.807, 2.05) is 40.0 Å². The highest BCUT2D eigenvalue weighted by Gasteiger charge is 2.27. The maximum Gasteiger partial charge on any atom is 0.227 e. The molecule has 1 aromatic heterocycles. The van der Waals surface area contributed by atoms with E-state index in [2.05, 4.69) is 5.10 Å². The lowest BCUT2D eigenvalue weighted by Crippen LogP contribution is -2.45. The minimum absolute atomic E-state index is 0.154. The Morgan fingerprint density at radius 1 is 1.27 bits per heavy atom. The number of ether oxygens (including phenoxy) is 2. The molecule has 26 heavy (non-hydrogen) atoms. The van der Waals surface area contributed by atoms with Crippen LogP contribution in [0.2, 0.25) is 0 Å². The minimum Gasteiger partial charge on any atom is -0.497 e. The summed E-state index contributed by atoms with van der Waals surface area (Å²) in [5, 5.41) is 4.26. The van der Waals surface area contributed by atoms with Crippen LogP contribution < -0.4 is 9.47 Å². The predicted molar refractivity (Wildman–Crippen MR) is 99.4 cm³/mol. The molecular weight excluding hydrogens is 330 g/mol. The smallest absolute Gasteiger partial charge is 0.227 e. The second-order valence-electron chi connectivity index (χ2n) is 6.65. The lowest BCUT2D eigenvalue weighted by Gasteiger charge is -2.36. The van der Waals surface area contributed by atoms with Crippen LogP contribution in [-0.2, 0) is 17.8 Å². The third-order valence-electron chi connectivity index (χ3n) is 5.03. The maximum atomic E-state index is 13.0. The fourth-order valence-corrected chi connectivity index (χ4v) is 3.63. The normalized spacial score (nSPS) is 17.2. The molecule has 0 saturated carbocycles. The quantitative estimate of drug-likeness (QED) is 0.764. The molecule has 1 aliphatic rings. The minimum atomic E-state index is 0.154. The van der Waals surface area contributed by atoms with E-state index < -0.39 is 0 Å². The van der Waals surface area contributed by atoms with Gasteiger partial charge in [-0.15, -0.1) is 0 Å². The Balaban J connectivity index is 1.68. The second-order valence-corrected chi connectivity index (χ2v) is 6.65. The summed E-state index contributed by atoms with van der Waals surface area (Å²) in [7, 11) is 3.26. The summed E-state index contributed by atoms with van der Waals surface area (Å²) in [6.45, 7) is 1.67. The van der Waals surface area contributed by atoms with E-state index in [4.69, 9.17) is 9.47 Å². The third kappa shape index (κ3) is 4.36. The number of hydrogen-bond donors (Lipinski definition) is 0. The largest absolute Gasteiger partial charge is 0.497 e. The fourth-order valence-electron chi connectivity index (χ4n) is 3.63. The highest BCUT2D eigenvalue weighted by Crippen LogP contribution is 2.27. The molecule has 1 aromatic carbocycles. The van der Waals surface area contributed by atoms with Crippen LogP contribution in [0.3, 0.4) is 0 Å². The van der Waals surface area contributed by atoms with Crippen molar-refractivity contribution >= 4 is 5.91 Å². The summed E-state index contributed by atoms with van der Waals surface area (Å²) in [4.78, 5) is 15.1. The van der Waals surface area contributed by atoms with Crippen LogP contribution >= 0.6 is 0 Å². The van der Waals surface area contributed by atoms with Gasteiger partial charge in [0.2, 0.25) is 5.91 Å². The number of amides is 1. The molecule has 0 radical (unpaired) electrons. The zero-order valence-electron chi connectivity index (χ0n) is 15.6. The zero-order chi connectivity index (χ0) is 18.4. The number of aryl methyl sites for hydroxylation is 1. The van der Waals surface area contributed by atoms with Crippen LogP contribution in [0.4, 0.5) is 0 Å². The molecule has 0 unspecified atom stereocenters. The summed E-state index contributed by atoms with van der Waals surface area (Å²) in [6, 6.07) is 7.79. The van der Waals surface area contributed by atoms with E-state index in [1.54, 1.807) is 20.4 Å². The van der Waals surface area contributed by atoms with Crippen LogP contribution in [-0.4, -0.2) is 47.4 Å². The Morgan fingerprint density at radius 2 is 2.15 bits per heavy atom. The van der Waals surface area contributed by atoms with Gasteiger partial charge < -0.3 is 14.4 Å². The summed E-state index contributed by atoms with van der Waals surface area (Å²) >= 11 is 0. The van der Waals surface area contributed by atoms with Crippen LogP contribution in [0.5, 0.6) is 11.5 Å². The number of benzene rings is 1. The van der Waals surface area contributed by atoms with Crippen molar-refractivity contribution in [3.8, 4) is 11.5 Å². The van der Waals surface area contributed by atoms with Gasteiger partial charge in [0.1, 0.15) is 11.5 Å². The number of aromatic nitrogens is 2. The van der Waals surface area contributed by atoms with E-state index in [9.17, 15) is 4.79 Å². The second kappa shape index (κ2) is 8.74. The predicted octanol–water partition coefficient (Wildman–Crippen LogP) is 2.91. The van der Waals surface area contributed by atoms with Crippen LogP contribution in [0.25, 0.3) is 0 Å². The highest BCUT2D eigenvalue weighted by molar-refractivity contribution is 5.80. The van der Waals surface area contributed by atoms with Crippen molar-refractivity contribution in [2.45, 2.75) is 44.7 Å². The van der Waals surface area contributed by atoms with Gasteiger partial charge in [0.25, 0.3) is 0 Å². The SMILES string of the molecule is COc1ccc(OC)c(CC(=O)N2CCCC[C@H]2CCn2cccn2)c1. The molecule has 140 valence electrons. The molecule has 3 rings (SSSR count). The van der Waals surface area contributed by atoms with Gasteiger partial charge >= 0.3 is 0 Å². The van der Waals surface area contributed by atoms with E-state index in [0.717, 1.165) is 49.4 Å². The maximum absolute atomic E-state index is 13.0. The molecule has 0 aliphatic carbocycles. The highest BCUT2D eigenvalue weighted by atomic mass is 16.5. The van der Waals surface area contributed by atoms with Gasteiger partial charge in [0.15, 0.2) is 0 Å². The van der Waals surface area contributed by atoms with Crippen LogP contribution in [0.1, 0.15) is 31.2 Å². The molecule has 6 heteroatoms. The lowest BCUT2D eigenvalue weighted by atomic mass is 9.98. The van der Waals surface area contributed by atoms with E-state index in [-0.39, 0.29) is 11.9 Å². The fraction of sp³-hybridized carbons (Fsp3) is 0.500. The average Bonchev–Trinajstić information content (AvgIpc) is 3.20. The molecule has 2 heterocycles. The topological polar surface area (TPSA) is 56.6 Å². The van der Waals surface area contributed by atoms with Gasteiger partial charge in [-0.25, -0.2) is 0 Å². The van der Waals surface area contributed by atoms with E-state index in [1.165, 1.54) is 6.42 Å². The number of carbonyl (C=O) groups is 1. The van der Waals surface area contributed by atoms with Crippen molar-refractivity contribution in [1.29, 1.82) is 0 Å². The first kappa shape index (κ1) is 18.3. The first-order chi connectivity index (χ1) is 12.7. The summed E-state index contributed by atoms with van der Waals surface area (Å²) in [5.74, 6) is 1.62. The van der Waals surface area contributed by atoms with Gasteiger partial charge in [0, 0.05) is 37.1 Å². The third-order valence-corrected chi connectivity index (χ3v) is 5.03. The van der Waals surface area contributed by atoms with Crippen molar-refractivity contribution in [2.75, 3.05) is 20.8 Å². The molecule has 0 spiro atoms. The summed E-state index contributed by atoms with van der Waals surface area (Å²) in [5.41, 5.74) is 0.869. The molecule has 0 N–H and O–H groups in total. The molecule has 1 amide bonds. The van der Waals surface area contributed by atoms with Gasteiger partial charge in [-0.05, 0) is 49.9 Å². The monoisotopic (exact) mass is 357 g/mol. The Hall–Kier alpha value is -2.50. The Labute approximate surface area is 154 Å². The van der Waals surface area contributed by atoms with Gasteiger partial charge in [-0.2, -0.15) is 5.10 Å². The molecule has 1 aliphatic heterocycles. The molecule has 1 saturated heterocycles. The Kier molecular flexibility index (Phi) is 6.15. The first-order valence-electron chi connectivity index (χ1n) is 9.19. The lowest BCUT2D eigenvalue weighted by molar-refractivity contribution is -0.134. The number of methoxy groups -OCH3 is 2. The van der Waals surface area contributed by atoms with Crippen LogP contribution in [0, 0.1) is 0 Å².